The summed E-state index contributed by atoms with van der Waals surface area (Å²) < 4.78 is 0. The van der Waals surface area contributed by atoms with Gasteiger partial charge in [0.25, 0.3) is 0 Å². The number of hydrogen-bond donors (Lipinski definition) is 0. The standard InChI is InChI=1S/CHNS.Fe/c2-1-3;/h3H;/q;+1/p-1. The molecule has 0 aliphatic heterocycles. The summed E-state index contributed by atoms with van der Waals surface area (Å²) in [4.78, 5) is 0. The van der Waals surface area contributed by atoms with Crippen LogP contribution in [0.25, 0.3) is 0 Å². The predicted octanol–water partition coefficient (Wildman–Crippen LogP) is 0.662. The van der Waals surface area contributed by atoms with Gasteiger partial charge in [0.1, 0.15) is 0 Å². The molecule has 0 aromatic carbocycles. The van der Waals surface area contributed by atoms with E-state index in [0.29, 0.717) is 0 Å². The Balaban J connectivity index is 3.14. The molecule has 0 saturated carbocycles. The Morgan fingerprint density at radius 3 is 2.25 bits per heavy atom. The molecule has 0 saturated heterocycles. The molecule has 0 spiro atoms. The van der Waals surface area contributed by atoms with Gasteiger partial charge in [-0.3, -0.25) is 0 Å². The van der Waals surface area contributed by atoms with Crippen molar-refractivity contribution in [1.82, 2.24) is 0 Å². The monoisotopic (exact) mass is 114 g/mol. The van der Waals surface area contributed by atoms with Crippen LogP contribution in [0.2, 0.25) is 0 Å². The fraction of sp³-hybridized carbons (Fsp3) is 0. The van der Waals surface area contributed by atoms with Crippen LogP contribution in [0.4, 0.5) is 0 Å². The van der Waals surface area contributed by atoms with E-state index < -0.39 is 0 Å². The molecule has 0 amide bonds. The Labute approximate surface area is 34.8 Å². The van der Waals surface area contributed by atoms with Crippen LogP contribution in [0.3, 0.4) is 0 Å². The van der Waals surface area contributed by atoms with Crippen LogP contribution >= 0.6 is 9.45 Å². The van der Waals surface area contributed by atoms with Gasteiger partial charge in [-0.1, -0.05) is 0 Å². The van der Waals surface area contributed by atoms with E-state index in [4.69, 9.17) is 5.26 Å². The molecule has 1 nitrogen and oxygen atoms in total. The molecule has 0 rings (SSSR count). The van der Waals surface area contributed by atoms with Crippen molar-refractivity contribution in [2.24, 2.45) is 0 Å². The zero-order valence-electron chi connectivity index (χ0n) is 1.71. The summed E-state index contributed by atoms with van der Waals surface area (Å²) in [5.41, 5.74) is 0. The van der Waals surface area contributed by atoms with Gasteiger partial charge in [0.15, 0.2) is 0 Å². The molecule has 23 valence electrons. The topological polar surface area (TPSA) is 23.8 Å². The first kappa shape index (κ1) is 4.23. The Morgan fingerprint density at radius 2 is 2.25 bits per heavy atom. The van der Waals surface area contributed by atoms with Crippen molar-refractivity contribution < 1.29 is 14.1 Å². The number of thiocyanates is 1. The normalized spacial score (nSPS) is 3.75. The van der Waals surface area contributed by atoms with Crippen molar-refractivity contribution in [2.75, 3.05) is 0 Å². The minimum atomic E-state index is 0.912. The molecule has 0 heterocycles. The van der Waals surface area contributed by atoms with Gasteiger partial charge in [-0.2, -0.15) is 0 Å². The molecular weight excluding hydrogens is 114 g/mol. The molecule has 0 bridgehead atoms. The van der Waals surface area contributed by atoms with Crippen LogP contribution in [0, 0.1) is 10.7 Å². The molecule has 0 aliphatic rings. The maximum absolute atomic E-state index is 7.53. The minimum absolute atomic E-state index is 0.912. The number of rotatable bonds is 0. The zero-order chi connectivity index (χ0) is 3.41. The van der Waals surface area contributed by atoms with Crippen LogP contribution in [-0.4, -0.2) is 0 Å². The van der Waals surface area contributed by atoms with E-state index in [0.717, 1.165) is 9.45 Å². The average Bonchev–Trinajstić information content (AvgIpc) is 1.37. The van der Waals surface area contributed by atoms with Gasteiger partial charge >= 0.3 is 34.3 Å². The Hall–Kier alpha value is 0.229. The van der Waals surface area contributed by atoms with E-state index in [1.165, 1.54) is 0 Å². The van der Waals surface area contributed by atoms with Crippen LogP contribution in [0.5, 0.6) is 0 Å². The van der Waals surface area contributed by atoms with Crippen molar-refractivity contribution in [2.45, 2.75) is 0 Å². The molecule has 0 atom stereocenters. The van der Waals surface area contributed by atoms with Gasteiger partial charge in [-0.25, -0.2) is 0 Å². The van der Waals surface area contributed by atoms with Crippen molar-refractivity contribution in [3.05, 3.63) is 0 Å². The first-order chi connectivity index (χ1) is 1.91. The summed E-state index contributed by atoms with van der Waals surface area (Å²) in [5.74, 6) is 0. The third kappa shape index (κ3) is 2.23. The second kappa shape index (κ2) is 3.23. The van der Waals surface area contributed by atoms with Gasteiger partial charge in [0.05, 0.1) is 0 Å². The molecule has 4 heavy (non-hydrogen) atoms. The fourth-order valence-corrected chi connectivity index (χ4v) is 0. The zero-order valence-corrected chi connectivity index (χ0v) is 3.63. The van der Waals surface area contributed by atoms with Crippen LogP contribution in [0.1, 0.15) is 0 Å². The Bertz CT molecular complexity index is 63.0. The summed E-state index contributed by atoms with van der Waals surface area (Å²) in [5, 5.41) is 9.26. The first-order valence-electron chi connectivity index (χ1n) is 0.572. The summed E-state index contributed by atoms with van der Waals surface area (Å²) in [6.45, 7) is 0. The van der Waals surface area contributed by atoms with E-state index in [2.05, 4.69) is 14.1 Å². The first-order valence-corrected chi connectivity index (χ1v) is 2.62. The van der Waals surface area contributed by atoms with Crippen LogP contribution in [0.15, 0.2) is 0 Å². The molecule has 0 radical (unpaired) electrons. The van der Waals surface area contributed by atoms with Gasteiger partial charge in [0.2, 0.25) is 0 Å². The van der Waals surface area contributed by atoms with Gasteiger partial charge in [-0.15, -0.1) is 0 Å². The SMILES string of the molecule is N#C[S]#[Fe]. The second-order valence-corrected chi connectivity index (χ2v) is 1.17. The molecule has 0 fully saturated rings. The molecule has 0 aromatic rings. The predicted molar refractivity (Wildman–Crippen MR) is 13.2 cm³/mol. The van der Waals surface area contributed by atoms with Crippen LogP contribution < -0.4 is 0 Å². The second-order valence-electron chi connectivity index (χ2n) is 0.163. The average molecular weight is 114 g/mol. The molecule has 0 aromatic heterocycles. The summed E-state index contributed by atoms with van der Waals surface area (Å²) in [7, 11) is 0.912. The molecule has 3 heteroatoms. The maximum atomic E-state index is 7.53. The number of nitriles is 1. The van der Waals surface area contributed by atoms with E-state index in [1.807, 2.05) is 0 Å². The summed E-state index contributed by atoms with van der Waals surface area (Å²) in [6, 6.07) is 0. The third-order valence-corrected chi connectivity index (χ3v) is 0.399. The van der Waals surface area contributed by atoms with Crippen LogP contribution in [-0.2, 0) is 14.1 Å². The summed E-state index contributed by atoms with van der Waals surface area (Å²) >= 11 is 3.16. The quantitative estimate of drug-likeness (QED) is 0.335. The van der Waals surface area contributed by atoms with Crippen molar-refractivity contribution in [1.29, 1.82) is 5.26 Å². The Kier molecular flexibility index (Phi) is 3.41. The Morgan fingerprint density at radius 1 is 2.00 bits per heavy atom. The van der Waals surface area contributed by atoms with Gasteiger partial charge in [-0.05, 0) is 0 Å². The summed E-state index contributed by atoms with van der Waals surface area (Å²) in [6.07, 6.45) is 0. The van der Waals surface area contributed by atoms with E-state index >= 15 is 0 Å². The van der Waals surface area contributed by atoms with E-state index in [1.54, 1.807) is 5.40 Å². The van der Waals surface area contributed by atoms with Crippen molar-refractivity contribution in [3.8, 4) is 5.40 Å². The molecular formula is CFeNS. The molecule has 0 unspecified atom stereocenters. The van der Waals surface area contributed by atoms with Gasteiger partial charge in [0, 0.05) is 0 Å². The van der Waals surface area contributed by atoms with Crippen molar-refractivity contribution in [3.63, 3.8) is 0 Å². The molecule has 0 aliphatic carbocycles. The fourth-order valence-electron chi connectivity index (χ4n) is 0. The van der Waals surface area contributed by atoms with Crippen molar-refractivity contribution >= 4 is 9.45 Å². The molecule has 0 N–H and O–H groups in total. The van der Waals surface area contributed by atoms with Gasteiger partial charge < -0.3 is 0 Å². The number of hydrogen-bond acceptors (Lipinski definition) is 1. The van der Waals surface area contributed by atoms with E-state index in [9.17, 15) is 0 Å². The van der Waals surface area contributed by atoms with E-state index in [-0.39, 0.29) is 0 Å². The third-order valence-electron chi connectivity index (χ3n) is 0.0323. The number of nitrogens with zero attached hydrogens (tertiary/aromatic N) is 1.